The summed E-state index contributed by atoms with van der Waals surface area (Å²) in [6.45, 7) is 6.03. The monoisotopic (exact) mass is 265 g/mol. The second-order valence-corrected chi connectivity index (χ2v) is 4.85. The maximum absolute atomic E-state index is 8.99. The van der Waals surface area contributed by atoms with Crippen molar-refractivity contribution in [1.29, 1.82) is 0 Å². The van der Waals surface area contributed by atoms with E-state index >= 15 is 0 Å². The summed E-state index contributed by atoms with van der Waals surface area (Å²) in [6, 6.07) is 3.99. The highest BCUT2D eigenvalue weighted by atomic mass is 16.3. The summed E-state index contributed by atoms with van der Waals surface area (Å²) in [4.78, 5) is 8.95. The van der Waals surface area contributed by atoms with E-state index in [1.807, 2.05) is 6.07 Å². The van der Waals surface area contributed by atoms with Crippen molar-refractivity contribution in [3.05, 3.63) is 23.9 Å². The van der Waals surface area contributed by atoms with Crippen LogP contribution >= 0.6 is 0 Å². The third-order valence-corrected chi connectivity index (χ3v) is 3.52. The fourth-order valence-electron chi connectivity index (χ4n) is 2.48. The fraction of sp³-hybridized carbons (Fsp3) is 0.615. The number of hydrogen-bond donors (Lipinski definition) is 3. The quantitative estimate of drug-likeness (QED) is 0.508. The standard InChI is InChI=1S/C13H23N5O/c14-16-13-12(3-1-4-15-13)11-18-6-2-5-17(7-8-18)9-10-19/h1,3-4,19H,2,5-11,14H2,(H,15,16). The zero-order valence-corrected chi connectivity index (χ0v) is 11.3. The van der Waals surface area contributed by atoms with Crippen molar-refractivity contribution in [3.63, 3.8) is 0 Å². The molecule has 1 aromatic heterocycles. The van der Waals surface area contributed by atoms with E-state index in [0.29, 0.717) is 0 Å². The van der Waals surface area contributed by atoms with Crippen LogP contribution in [0, 0.1) is 0 Å². The molecule has 6 nitrogen and oxygen atoms in total. The molecule has 0 bridgehead atoms. The van der Waals surface area contributed by atoms with Crippen molar-refractivity contribution in [1.82, 2.24) is 14.8 Å². The van der Waals surface area contributed by atoms with Gasteiger partial charge in [-0.2, -0.15) is 0 Å². The summed E-state index contributed by atoms with van der Waals surface area (Å²) in [5, 5.41) is 8.99. The number of β-amino-alcohol motifs (C(OH)–C–C–N with tert-alkyl or cyclic N) is 1. The highest BCUT2D eigenvalue weighted by molar-refractivity contribution is 5.42. The van der Waals surface area contributed by atoms with Crippen LogP contribution in [-0.2, 0) is 6.54 Å². The number of aliphatic hydroxyl groups is 1. The lowest BCUT2D eigenvalue weighted by Crippen LogP contribution is -2.32. The predicted octanol–water partition coefficient (Wildman–Crippen LogP) is -0.133. The van der Waals surface area contributed by atoms with Gasteiger partial charge in [0.25, 0.3) is 0 Å². The maximum atomic E-state index is 8.99. The Morgan fingerprint density at radius 3 is 2.84 bits per heavy atom. The van der Waals surface area contributed by atoms with Crippen LogP contribution in [0.3, 0.4) is 0 Å². The number of nitrogens with two attached hydrogens (primary N) is 1. The highest BCUT2D eigenvalue weighted by Gasteiger charge is 2.15. The van der Waals surface area contributed by atoms with Crippen LogP contribution in [-0.4, -0.2) is 59.2 Å². The lowest BCUT2D eigenvalue weighted by Gasteiger charge is -2.22. The molecule has 0 aliphatic carbocycles. The number of aliphatic hydroxyl groups excluding tert-OH is 1. The molecule has 106 valence electrons. The van der Waals surface area contributed by atoms with Crippen LogP contribution < -0.4 is 11.3 Å². The lowest BCUT2D eigenvalue weighted by atomic mass is 10.2. The van der Waals surface area contributed by atoms with Crippen molar-refractivity contribution in [2.24, 2.45) is 5.84 Å². The van der Waals surface area contributed by atoms with Crippen molar-refractivity contribution in [3.8, 4) is 0 Å². The molecule has 2 rings (SSSR count). The number of aromatic nitrogens is 1. The second-order valence-electron chi connectivity index (χ2n) is 4.85. The first-order chi connectivity index (χ1) is 9.33. The van der Waals surface area contributed by atoms with Gasteiger partial charge in [-0.3, -0.25) is 9.80 Å². The van der Waals surface area contributed by atoms with E-state index in [9.17, 15) is 0 Å². The first-order valence-electron chi connectivity index (χ1n) is 6.79. The van der Waals surface area contributed by atoms with Gasteiger partial charge in [-0.25, -0.2) is 10.8 Å². The van der Waals surface area contributed by atoms with E-state index in [4.69, 9.17) is 10.9 Å². The van der Waals surface area contributed by atoms with Crippen LogP contribution in [0.5, 0.6) is 0 Å². The molecular weight excluding hydrogens is 242 g/mol. The Hall–Kier alpha value is -1.21. The Morgan fingerprint density at radius 2 is 2.05 bits per heavy atom. The van der Waals surface area contributed by atoms with Crippen molar-refractivity contribution in [2.45, 2.75) is 13.0 Å². The molecule has 4 N–H and O–H groups in total. The van der Waals surface area contributed by atoms with Crippen LogP contribution in [0.1, 0.15) is 12.0 Å². The Labute approximate surface area is 114 Å². The van der Waals surface area contributed by atoms with Gasteiger partial charge >= 0.3 is 0 Å². The minimum Gasteiger partial charge on any atom is -0.395 e. The van der Waals surface area contributed by atoms with E-state index < -0.39 is 0 Å². The van der Waals surface area contributed by atoms with E-state index in [0.717, 1.165) is 57.1 Å². The Balaban J connectivity index is 1.92. The van der Waals surface area contributed by atoms with E-state index in [2.05, 4.69) is 26.3 Å². The number of nitrogens with one attached hydrogen (secondary N) is 1. The first-order valence-corrected chi connectivity index (χ1v) is 6.79. The van der Waals surface area contributed by atoms with Crippen molar-refractivity contribution in [2.75, 3.05) is 44.8 Å². The number of hydrazine groups is 1. The molecule has 0 aromatic carbocycles. The lowest BCUT2D eigenvalue weighted by molar-refractivity contribution is 0.196. The number of nitrogen functional groups attached to an aromatic ring is 1. The third-order valence-electron chi connectivity index (χ3n) is 3.52. The Kier molecular flexibility index (Phi) is 5.53. The van der Waals surface area contributed by atoms with Crippen LogP contribution in [0.15, 0.2) is 18.3 Å². The largest absolute Gasteiger partial charge is 0.395 e. The molecule has 1 aliphatic heterocycles. The van der Waals surface area contributed by atoms with Gasteiger partial charge in [-0.05, 0) is 25.6 Å². The van der Waals surface area contributed by atoms with Crippen molar-refractivity contribution >= 4 is 5.82 Å². The molecule has 19 heavy (non-hydrogen) atoms. The molecule has 0 amide bonds. The van der Waals surface area contributed by atoms with Gasteiger partial charge < -0.3 is 10.5 Å². The number of hydrogen-bond acceptors (Lipinski definition) is 6. The van der Waals surface area contributed by atoms with Gasteiger partial charge in [0.2, 0.25) is 0 Å². The normalized spacial score (nSPS) is 18.2. The molecule has 6 heteroatoms. The zero-order valence-electron chi connectivity index (χ0n) is 11.3. The SMILES string of the molecule is NNc1ncccc1CN1CCCN(CCO)CC1. The molecule has 1 aliphatic rings. The minimum absolute atomic E-state index is 0.240. The highest BCUT2D eigenvalue weighted by Crippen LogP contribution is 2.14. The number of nitrogens with zero attached hydrogens (tertiary/aromatic N) is 3. The van der Waals surface area contributed by atoms with E-state index in [1.54, 1.807) is 6.20 Å². The molecule has 0 atom stereocenters. The zero-order chi connectivity index (χ0) is 13.5. The van der Waals surface area contributed by atoms with Crippen molar-refractivity contribution < 1.29 is 5.11 Å². The van der Waals surface area contributed by atoms with Gasteiger partial charge in [0.05, 0.1) is 6.61 Å². The summed E-state index contributed by atoms with van der Waals surface area (Å²) >= 11 is 0. The molecule has 0 saturated carbocycles. The van der Waals surface area contributed by atoms with Gasteiger partial charge in [0.1, 0.15) is 5.82 Å². The topological polar surface area (TPSA) is 77.7 Å². The summed E-state index contributed by atoms with van der Waals surface area (Å²) in [5.41, 5.74) is 3.77. The minimum atomic E-state index is 0.240. The maximum Gasteiger partial charge on any atom is 0.144 e. The fourth-order valence-corrected chi connectivity index (χ4v) is 2.48. The van der Waals surface area contributed by atoms with Gasteiger partial charge in [0, 0.05) is 37.9 Å². The average Bonchev–Trinajstić information content (AvgIpc) is 2.66. The summed E-state index contributed by atoms with van der Waals surface area (Å²) in [5.74, 6) is 6.23. The summed E-state index contributed by atoms with van der Waals surface area (Å²) in [7, 11) is 0. The average molecular weight is 265 g/mol. The van der Waals surface area contributed by atoms with Crippen LogP contribution in [0.2, 0.25) is 0 Å². The number of pyridine rings is 1. The number of anilines is 1. The van der Waals surface area contributed by atoms with Gasteiger partial charge in [-0.15, -0.1) is 0 Å². The molecule has 1 aromatic rings. The van der Waals surface area contributed by atoms with Crippen LogP contribution in [0.4, 0.5) is 5.82 Å². The molecule has 1 fully saturated rings. The van der Waals surface area contributed by atoms with E-state index in [-0.39, 0.29) is 6.61 Å². The van der Waals surface area contributed by atoms with E-state index in [1.165, 1.54) is 0 Å². The predicted molar refractivity (Wildman–Crippen MR) is 75.5 cm³/mol. The molecular formula is C13H23N5O. The van der Waals surface area contributed by atoms with Gasteiger partial charge in [0.15, 0.2) is 0 Å². The molecule has 1 saturated heterocycles. The Bertz CT molecular complexity index is 387. The smallest absolute Gasteiger partial charge is 0.144 e. The van der Waals surface area contributed by atoms with Gasteiger partial charge in [-0.1, -0.05) is 6.07 Å². The second kappa shape index (κ2) is 7.40. The summed E-state index contributed by atoms with van der Waals surface area (Å²) in [6.07, 6.45) is 2.87. The van der Waals surface area contributed by atoms with Crippen LogP contribution in [0.25, 0.3) is 0 Å². The Morgan fingerprint density at radius 1 is 1.26 bits per heavy atom. The summed E-state index contributed by atoms with van der Waals surface area (Å²) < 4.78 is 0. The number of rotatable bonds is 5. The molecule has 0 radical (unpaired) electrons. The molecule has 0 spiro atoms. The molecule has 2 heterocycles. The third kappa shape index (κ3) is 4.14. The first kappa shape index (κ1) is 14.2. The molecule has 0 unspecified atom stereocenters.